The predicted molar refractivity (Wildman–Crippen MR) is 77.5 cm³/mol. The van der Waals surface area contributed by atoms with Crippen molar-refractivity contribution in [2.24, 2.45) is 0 Å². The second-order valence-electron chi connectivity index (χ2n) is 5.75. The van der Waals surface area contributed by atoms with Crippen molar-refractivity contribution < 1.29 is 32.6 Å². The van der Waals surface area contributed by atoms with E-state index in [0.29, 0.717) is 16.7 Å². The lowest BCUT2D eigenvalue weighted by atomic mass is 9.84. The van der Waals surface area contributed by atoms with Gasteiger partial charge < -0.3 is 9.26 Å². The van der Waals surface area contributed by atoms with E-state index in [9.17, 15) is 13.8 Å². The highest BCUT2D eigenvalue weighted by Crippen LogP contribution is 2.46. The number of halogens is 2. The summed E-state index contributed by atoms with van der Waals surface area (Å²) >= 11 is 0. The molecule has 0 radical (unpaired) electrons. The second kappa shape index (κ2) is 7.81. The summed E-state index contributed by atoms with van der Waals surface area (Å²) in [5, 5.41) is 0. The lowest BCUT2D eigenvalue weighted by molar-refractivity contribution is -0.139. The molecule has 0 saturated heterocycles. The van der Waals surface area contributed by atoms with Crippen molar-refractivity contribution in [2.75, 3.05) is 7.11 Å². The van der Waals surface area contributed by atoms with E-state index in [-0.39, 0.29) is 23.6 Å². The van der Waals surface area contributed by atoms with E-state index in [1.165, 1.54) is 7.11 Å². The van der Waals surface area contributed by atoms with Crippen molar-refractivity contribution in [2.45, 2.75) is 39.5 Å². The standard InChI is InChI=1S/C14H19F2O5P/c1-9-6-10(8-12(17)18-5)7-11(14(2,3)4)13(9)19-22(20-15)21-16/h6-7H,8H2,1-5H3. The fraction of sp³-hybridized carbons (Fsp3) is 0.500. The summed E-state index contributed by atoms with van der Waals surface area (Å²) in [4.78, 5) is 11.4. The van der Waals surface area contributed by atoms with Gasteiger partial charge in [-0.05, 0) is 32.5 Å². The number of carbonyl (C=O) groups excluding carboxylic acids is 1. The zero-order valence-electron chi connectivity index (χ0n) is 13.1. The third kappa shape index (κ3) is 4.87. The van der Waals surface area contributed by atoms with Gasteiger partial charge in [-0.1, -0.05) is 42.4 Å². The predicted octanol–water partition coefficient (Wildman–Crippen LogP) is 4.42. The average Bonchev–Trinajstić information content (AvgIpc) is 2.44. The molecule has 1 aromatic carbocycles. The zero-order chi connectivity index (χ0) is 16.9. The van der Waals surface area contributed by atoms with Gasteiger partial charge in [-0.2, -0.15) is 0 Å². The maximum atomic E-state index is 12.2. The Morgan fingerprint density at radius 1 is 1.23 bits per heavy atom. The van der Waals surface area contributed by atoms with Crippen LogP contribution in [0.2, 0.25) is 0 Å². The van der Waals surface area contributed by atoms with E-state index in [0.717, 1.165) is 0 Å². The van der Waals surface area contributed by atoms with Gasteiger partial charge in [-0.15, -0.1) is 0 Å². The molecule has 0 aliphatic carbocycles. The van der Waals surface area contributed by atoms with E-state index in [2.05, 4.69) is 14.2 Å². The highest BCUT2D eigenvalue weighted by molar-refractivity contribution is 7.41. The summed E-state index contributed by atoms with van der Waals surface area (Å²) in [5.74, 6) is -0.114. The van der Waals surface area contributed by atoms with E-state index >= 15 is 0 Å². The summed E-state index contributed by atoms with van der Waals surface area (Å²) in [7, 11) is -1.46. The van der Waals surface area contributed by atoms with Gasteiger partial charge in [-0.25, -0.2) is 0 Å². The summed E-state index contributed by atoms with van der Waals surface area (Å²) in [5.41, 5.74) is 1.61. The maximum Gasteiger partial charge on any atom is 0.465 e. The number of benzene rings is 1. The Labute approximate surface area is 129 Å². The Bertz CT molecular complexity index is 527. The summed E-state index contributed by atoms with van der Waals surface area (Å²) < 4.78 is 40.8. The van der Waals surface area contributed by atoms with Gasteiger partial charge in [0.05, 0.1) is 13.5 Å². The molecule has 0 aromatic heterocycles. The molecular formula is C14H19F2O5P. The summed E-state index contributed by atoms with van der Waals surface area (Å²) in [6, 6.07) is 3.43. The number of ether oxygens (including phenoxy) is 1. The molecule has 5 nitrogen and oxygen atoms in total. The van der Waals surface area contributed by atoms with Crippen molar-refractivity contribution >= 4 is 14.6 Å². The molecule has 0 spiro atoms. The number of methoxy groups -OCH3 is 1. The van der Waals surface area contributed by atoms with Crippen LogP contribution in [0.5, 0.6) is 5.75 Å². The molecule has 0 bridgehead atoms. The van der Waals surface area contributed by atoms with E-state index in [1.54, 1.807) is 19.1 Å². The molecule has 1 aromatic rings. The third-order valence-electron chi connectivity index (χ3n) is 3.00. The van der Waals surface area contributed by atoms with Crippen LogP contribution in [0.15, 0.2) is 12.1 Å². The summed E-state index contributed by atoms with van der Waals surface area (Å²) in [6.45, 7) is 7.43. The van der Waals surface area contributed by atoms with Crippen molar-refractivity contribution in [3.63, 3.8) is 0 Å². The maximum absolute atomic E-state index is 12.2. The first-order chi connectivity index (χ1) is 10.2. The minimum absolute atomic E-state index is 0.0919. The van der Waals surface area contributed by atoms with Gasteiger partial charge >= 0.3 is 14.6 Å². The molecule has 0 fully saturated rings. The number of aryl methyl sites for hydroxylation is 1. The molecule has 0 amide bonds. The summed E-state index contributed by atoms with van der Waals surface area (Å²) in [6.07, 6.45) is 0.0919. The Balaban J connectivity index is 3.28. The van der Waals surface area contributed by atoms with Crippen molar-refractivity contribution in [1.29, 1.82) is 0 Å². The number of hydrogen-bond acceptors (Lipinski definition) is 5. The largest absolute Gasteiger partial charge is 0.469 e. The van der Waals surface area contributed by atoms with Crippen LogP contribution in [-0.2, 0) is 30.8 Å². The molecule has 0 N–H and O–H groups in total. The minimum atomic E-state index is -2.77. The Morgan fingerprint density at radius 2 is 1.82 bits per heavy atom. The molecule has 8 heteroatoms. The zero-order valence-corrected chi connectivity index (χ0v) is 14.0. The molecule has 1 rings (SSSR count). The number of carbonyl (C=O) groups is 1. The van der Waals surface area contributed by atoms with Crippen LogP contribution in [0.25, 0.3) is 0 Å². The van der Waals surface area contributed by atoms with Gasteiger partial charge in [-0.3, -0.25) is 4.79 Å². The topological polar surface area (TPSA) is 54.0 Å². The average molecular weight is 336 g/mol. The Morgan fingerprint density at radius 3 is 2.27 bits per heavy atom. The highest BCUT2D eigenvalue weighted by atomic mass is 31.2. The molecule has 0 atom stereocenters. The molecule has 0 aliphatic rings. The smallest absolute Gasteiger partial charge is 0.465 e. The van der Waals surface area contributed by atoms with Crippen LogP contribution in [0.4, 0.5) is 9.05 Å². The molecular weight excluding hydrogens is 317 g/mol. The van der Waals surface area contributed by atoms with Crippen LogP contribution in [-0.4, -0.2) is 13.1 Å². The van der Waals surface area contributed by atoms with E-state index in [1.807, 2.05) is 20.8 Å². The van der Waals surface area contributed by atoms with Gasteiger partial charge in [0.15, 0.2) is 0 Å². The van der Waals surface area contributed by atoms with Crippen molar-refractivity contribution in [1.82, 2.24) is 0 Å². The van der Waals surface area contributed by atoms with E-state index in [4.69, 9.17) is 4.52 Å². The lowest BCUT2D eigenvalue weighted by Gasteiger charge is -2.25. The normalized spacial score (nSPS) is 11.6. The monoisotopic (exact) mass is 336 g/mol. The molecule has 124 valence electrons. The van der Waals surface area contributed by atoms with Crippen LogP contribution >= 0.6 is 8.60 Å². The van der Waals surface area contributed by atoms with Gasteiger partial charge in [0.25, 0.3) is 0 Å². The van der Waals surface area contributed by atoms with Crippen molar-refractivity contribution in [3.05, 3.63) is 28.8 Å². The molecule has 22 heavy (non-hydrogen) atoms. The first kappa shape index (κ1) is 18.7. The third-order valence-corrected chi connectivity index (χ3v) is 3.55. The SMILES string of the molecule is COC(=O)Cc1cc(C)c(OP(OF)OF)c(C(C)(C)C)c1. The van der Waals surface area contributed by atoms with Crippen LogP contribution < -0.4 is 4.52 Å². The Hall–Kier alpha value is -1.30. The number of rotatable bonds is 6. The Kier molecular flexibility index (Phi) is 6.66. The van der Waals surface area contributed by atoms with Crippen LogP contribution in [0.3, 0.4) is 0 Å². The van der Waals surface area contributed by atoms with Crippen LogP contribution in [0, 0.1) is 6.92 Å². The molecule has 0 unspecified atom stereocenters. The molecule has 0 aliphatic heterocycles. The molecule has 0 heterocycles. The van der Waals surface area contributed by atoms with Gasteiger partial charge in [0, 0.05) is 5.56 Å². The van der Waals surface area contributed by atoms with Gasteiger partial charge in [0.1, 0.15) is 5.75 Å². The van der Waals surface area contributed by atoms with Gasteiger partial charge in [0.2, 0.25) is 0 Å². The number of esters is 1. The first-order valence-electron chi connectivity index (χ1n) is 6.49. The minimum Gasteiger partial charge on any atom is -0.469 e. The van der Waals surface area contributed by atoms with Crippen molar-refractivity contribution in [3.8, 4) is 5.75 Å². The second-order valence-corrected chi connectivity index (χ2v) is 6.65. The fourth-order valence-corrected chi connectivity index (χ4v) is 2.45. The van der Waals surface area contributed by atoms with Crippen LogP contribution in [0.1, 0.15) is 37.5 Å². The quantitative estimate of drug-likeness (QED) is 0.569. The lowest BCUT2D eigenvalue weighted by Crippen LogP contribution is -2.15. The number of hydrogen-bond donors (Lipinski definition) is 0. The fourth-order valence-electron chi connectivity index (χ4n) is 1.98. The first-order valence-corrected chi connectivity index (χ1v) is 7.58. The highest BCUT2D eigenvalue weighted by Gasteiger charge is 2.26. The van der Waals surface area contributed by atoms with E-state index < -0.39 is 8.60 Å². The molecule has 0 saturated carbocycles.